The summed E-state index contributed by atoms with van der Waals surface area (Å²) < 4.78 is 52.6. The number of sulfonamides is 1. The number of rotatable bonds is 11. The van der Waals surface area contributed by atoms with Gasteiger partial charge in [-0.25, -0.2) is 17.2 Å². The van der Waals surface area contributed by atoms with Crippen molar-refractivity contribution in [2.24, 2.45) is 0 Å². The molecule has 0 radical (unpaired) electrons. The zero-order valence-electron chi connectivity index (χ0n) is 20.9. The lowest BCUT2D eigenvalue weighted by Gasteiger charge is -2.30. The molecule has 1 fully saturated rings. The van der Waals surface area contributed by atoms with Crippen molar-refractivity contribution in [2.75, 3.05) is 17.1 Å². The number of halogens is 3. The van der Waals surface area contributed by atoms with Gasteiger partial charge in [-0.15, -0.1) is 0 Å². The molecular weight excluding hydrogens is 524 g/mol. The van der Waals surface area contributed by atoms with Gasteiger partial charge in [0.05, 0.1) is 11.9 Å². The highest BCUT2D eigenvalue weighted by atomic mass is 35.5. The van der Waals surface area contributed by atoms with Crippen LogP contribution in [0.2, 0.25) is 5.02 Å². The molecule has 0 spiro atoms. The van der Waals surface area contributed by atoms with Crippen molar-refractivity contribution in [3.8, 4) is 0 Å². The van der Waals surface area contributed by atoms with Crippen molar-refractivity contribution in [3.05, 3.63) is 64.7 Å². The normalized spacial score (nSPS) is 14.8. The lowest BCUT2D eigenvalue weighted by Crippen LogP contribution is -2.49. The van der Waals surface area contributed by atoms with E-state index >= 15 is 0 Å². The topological polar surface area (TPSA) is 86.8 Å². The van der Waals surface area contributed by atoms with Gasteiger partial charge in [0.15, 0.2) is 11.6 Å². The number of carbonyl (C=O) groups is 2. The van der Waals surface area contributed by atoms with Crippen LogP contribution in [0.1, 0.15) is 51.0 Å². The number of amides is 2. The lowest BCUT2D eigenvalue weighted by molar-refractivity contribution is -0.141. The summed E-state index contributed by atoms with van der Waals surface area (Å²) in [4.78, 5) is 27.7. The molecule has 1 atom stereocenters. The van der Waals surface area contributed by atoms with Gasteiger partial charge in [-0.1, -0.05) is 36.6 Å². The predicted molar refractivity (Wildman–Crippen MR) is 140 cm³/mol. The van der Waals surface area contributed by atoms with Crippen molar-refractivity contribution >= 4 is 39.1 Å². The summed E-state index contributed by atoms with van der Waals surface area (Å²) in [5.74, 6) is -2.83. The van der Waals surface area contributed by atoms with E-state index in [4.69, 9.17) is 11.6 Å². The highest BCUT2D eigenvalue weighted by Crippen LogP contribution is 2.22. The maximum absolute atomic E-state index is 13.7. The summed E-state index contributed by atoms with van der Waals surface area (Å²) in [5, 5.41) is 3.57. The Balaban J connectivity index is 1.72. The van der Waals surface area contributed by atoms with Crippen LogP contribution in [0.3, 0.4) is 0 Å². The molecule has 0 heterocycles. The smallest absolute Gasteiger partial charge is 0.242 e. The minimum absolute atomic E-state index is 0.0313. The van der Waals surface area contributed by atoms with Crippen LogP contribution < -0.4 is 9.62 Å². The van der Waals surface area contributed by atoms with Crippen molar-refractivity contribution in [1.29, 1.82) is 0 Å². The van der Waals surface area contributed by atoms with Crippen LogP contribution in [-0.4, -0.2) is 50.0 Å². The Morgan fingerprint density at radius 1 is 1.08 bits per heavy atom. The Morgan fingerprint density at radius 2 is 1.73 bits per heavy atom. The number of carbonyl (C=O) groups excluding carboxylic acids is 2. The number of nitrogens with one attached hydrogen (secondary N) is 1. The first kappa shape index (κ1) is 28.8. The SMILES string of the molecule is C[C@H](C(=O)NC1CCCC1)N(Cc1ccc(Cl)cc1)C(=O)CCCN(c1ccc(F)c(F)c1)S(C)(=O)=O. The van der Waals surface area contributed by atoms with E-state index in [9.17, 15) is 26.8 Å². The fourth-order valence-corrected chi connectivity index (χ4v) is 5.49. The van der Waals surface area contributed by atoms with Gasteiger partial charge in [0.1, 0.15) is 6.04 Å². The highest BCUT2D eigenvalue weighted by molar-refractivity contribution is 7.92. The molecule has 0 aliphatic heterocycles. The molecule has 1 saturated carbocycles. The molecule has 0 aromatic heterocycles. The van der Waals surface area contributed by atoms with Crippen LogP contribution in [0.5, 0.6) is 0 Å². The van der Waals surface area contributed by atoms with Gasteiger partial charge >= 0.3 is 0 Å². The Morgan fingerprint density at radius 3 is 2.32 bits per heavy atom. The van der Waals surface area contributed by atoms with Crippen LogP contribution in [0, 0.1) is 11.6 Å². The molecule has 1 aliphatic rings. The Hall–Kier alpha value is -2.72. The van der Waals surface area contributed by atoms with Gasteiger partial charge in [-0.3, -0.25) is 13.9 Å². The molecule has 11 heteroatoms. The Bertz CT molecular complexity index is 1200. The van der Waals surface area contributed by atoms with E-state index in [1.165, 1.54) is 11.0 Å². The summed E-state index contributed by atoms with van der Waals surface area (Å²) in [6.07, 6.45) is 4.95. The maximum atomic E-state index is 13.7. The molecule has 7 nitrogen and oxygen atoms in total. The molecule has 37 heavy (non-hydrogen) atoms. The fraction of sp³-hybridized carbons (Fsp3) is 0.462. The first-order chi connectivity index (χ1) is 17.5. The van der Waals surface area contributed by atoms with E-state index in [1.807, 2.05) is 0 Å². The molecule has 0 unspecified atom stereocenters. The molecule has 2 amide bonds. The molecule has 3 rings (SSSR count). The molecule has 1 N–H and O–H groups in total. The van der Waals surface area contributed by atoms with Crippen LogP contribution in [0.4, 0.5) is 14.5 Å². The van der Waals surface area contributed by atoms with Crippen LogP contribution in [-0.2, 0) is 26.2 Å². The summed E-state index contributed by atoms with van der Waals surface area (Å²) in [6.45, 7) is 1.73. The van der Waals surface area contributed by atoms with Crippen LogP contribution >= 0.6 is 11.6 Å². The van der Waals surface area contributed by atoms with E-state index in [0.29, 0.717) is 5.02 Å². The minimum atomic E-state index is -3.82. The quantitative estimate of drug-likeness (QED) is 0.437. The second kappa shape index (κ2) is 12.7. The largest absolute Gasteiger partial charge is 0.352 e. The summed E-state index contributed by atoms with van der Waals surface area (Å²) in [7, 11) is -3.82. The summed E-state index contributed by atoms with van der Waals surface area (Å²) >= 11 is 5.98. The number of hydrogen-bond acceptors (Lipinski definition) is 4. The minimum Gasteiger partial charge on any atom is -0.352 e. The number of hydrogen-bond donors (Lipinski definition) is 1. The Kier molecular flexibility index (Phi) is 9.89. The highest BCUT2D eigenvalue weighted by Gasteiger charge is 2.29. The van der Waals surface area contributed by atoms with E-state index in [0.717, 1.165) is 53.9 Å². The molecule has 0 saturated heterocycles. The zero-order valence-corrected chi connectivity index (χ0v) is 22.5. The zero-order chi connectivity index (χ0) is 27.2. The monoisotopic (exact) mass is 555 g/mol. The molecule has 2 aromatic rings. The number of benzene rings is 2. The van der Waals surface area contributed by atoms with Gasteiger partial charge in [0.25, 0.3) is 0 Å². The Labute approximate surface area is 221 Å². The predicted octanol–water partition coefficient (Wildman–Crippen LogP) is 4.64. The lowest BCUT2D eigenvalue weighted by atomic mass is 10.1. The average Bonchev–Trinajstić information content (AvgIpc) is 3.35. The fourth-order valence-electron chi connectivity index (χ4n) is 4.41. The standard InChI is InChI=1S/C26H32ClF2N3O4S/c1-18(26(34)30-21-6-3-4-7-21)31(17-19-9-11-20(27)12-10-19)25(33)8-5-15-32(37(2,35)36)22-13-14-23(28)24(29)16-22/h9-14,16,18,21H,3-8,15,17H2,1-2H3,(H,30,34)/t18-/m1/s1. The van der Waals surface area contributed by atoms with Gasteiger partial charge in [0.2, 0.25) is 21.8 Å². The van der Waals surface area contributed by atoms with Crippen LogP contribution in [0.15, 0.2) is 42.5 Å². The number of anilines is 1. The van der Waals surface area contributed by atoms with E-state index in [1.54, 1.807) is 31.2 Å². The van der Waals surface area contributed by atoms with E-state index in [-0.39, 0.29) is 49.5 Å². The van der Waals surface area contributed by atoms with Crippen molar-refractivity contribution in [3.63, 3.8) is 0 Å². The molecular formula is C26H32ClF2N3O4S. The first-order valence-corrected chi connectivity index (χ1v) is 14.5. The third kappa shape index (κ3) is 8.13. The van der Waals surface area contributed by atoms with Crippen molar-refractivity contribution < 1.29 is 26.8 Å². The number of nitrogens with zero attached hydrogens (tertiary/aromatic N) is 2. The summed E-state index contributed by atoms with van der Waals surface area (Å²) in [6, 6.07) is 9.14. The first-order valence-electron chi connectivity index (χ1n) is 12.2. The van der Waals surface area contributed by atoms with Gasteiger partial charge in [-0.2, -0.15) is 0 Å². The van der Waals surface area contributed by atoms with Crippen molar-refractivity contribution in [1.82, 2.24) is 10.2 Å². The molecule has 2 aromatic carbocycles. The van der Waals surface area contributed by atoms with Gasteiger partial charge in [-0.05, 0) is 56.0 Å². The second-order valence-electron chi connectivity index (χ2n) is 9.35. The third-order valence-corrected chi connectivity index (χ3v) is 7.92. The molecule has 0 bridgehead atoms. The maximum Gasteiger partial charge on any atom is 0.242 e. The average molecular weight is 556 g/mol. The second-order valence-corrected chi connectivity index (χ2v) is 11.7. The molecule has 202 valence electrons. The third-order valence-electron chi connectivity index (χ3n) is 6.48. The summed E-state index contributed by atoms with van der Waals surface area (Å²) in [5.41, 5.74) is 0.758. The molecule has 1 aliphatic carbocycles. The van der Waals surface area contributed by atoms with E-state index in [2.05, 4.69) is 5.32 Å². The van der Waals surface area contributed by atoms with Crippen molar-refractivity contribution in [2.45, 2.75) is 64.1 Å². The van der Waals surface area contributed by atoms with Crippen LogP contribution in [0.25, 0.3) is 0 Å². The van der Waals surface area contributed by atoms with Gasteiger partial charge in [0, 0.05) is 36.6 Å². The van der Waals surface area contributed by atoms with E-state index < -0.39 is 27.7 Å². The van der Waals surface area contributed by atoms with Gasteiger partial charge < -0.3 is 10.2 Å².